The predicted octanol–water partition coefficient (Wildman–Crippen LogP) is 2.63. The molecule has 0 aliphatic carbocycles. The second-order valence-electron chi connectivity index (χ2n) is 6.20. The van der Waals surface area contributed by atoms with E-state index in [9.17, 15) is 13.2 Å². The summed E-state index contributed by atoms with van der Waals surface area (Å²) in [7, 11) is -3.58. The Bertz CT molecular complexity index is 890. The molecule has 0 heterocycles. The number of hydrogen-bond acceptors (Lipinski definition) is 3. The topological polar surface area (TPSA) is 75.3 Å². The molecule has 5 nitrogen and oxygen atoms in total. The lowest BCUT2D eigenvalue weighted by Crippen LogP contribution is -2.34. The summed E-state index contributed by atoms with van der Waals surface area (Å²) in [4.78, 5) is 12.3. The first-order valence-corrected chi connectivity index (χ1v) is 9.61. The zero-order valence-corrected chi connectivity index (χ0v) is 15.8. The van der Waals surface area contributed by atoms with Gasteiger partial charge in [-0.15, -0.1) is 0 Å². The highest BCUT2D eigenvalue weighted by Crippen LogP contribution is 2.14. The van der Waals surface area contributed by atoms with Crippen LogP contribution < -0.4 is 10.0 Å². The molecule has 25 heavy (non-hydrogen) atoms. The third-order valence-electron chi connectivity index (χ3n) is 4.26. The van der Waals surface area contributed by atoms with Gasteiger partial charge in [-0.3, -0.25) is 4.79 Å². The average Bonchev–Trinajstić information content (AvgIpc) is 2.56. The van der Waals surface area contributed by atoms with Crippen molar-refractivity contribution in [2.24, 2.45) is 0 Å². The zero-order chi connectivity index (χ0) is 18.6. The van der Waals surface area contributed by atoms with Crippen molar-refractivity contribution in [1.29, 1.82) is 0 Å². The molecule has 0 saturated carbocycles. The predicted molar refractivity (Wildman–Crippen MR) is 99.4 cm³/mol. The van der Waals surface area contributed by atoms with Crippen LogP contribution in [0.2, 0.25) is 0 Å². The number of amides is 1. The molecule has 134 valence electrons. The Kier molecular flexibility index (Phi) is 5.98. The molecule has 0 atom stereocenters. The lowest BCUT2D eigenvalue weighted by Gasteiger charge is -2.10. The van der Waals surface area contributed by atoms with E-state index in [4.69, 9.17) is 0 Å². The summed E-state index contributed by atoms with van der Waals surface area (Å²) in [5.41, 5.74) is 4.70. The summed E-state index contributed by atoms with van der Waals surface area (Å²) in [5.74, 6) is -0.214. The van der Waals surface area contributed by atoms with Crippen LogP contribution in [-0.2, 0) is 10.0 Å². The number of carbonyl (C=O) groups is 1. The van der Waals surface area contributed by atoms with E-state index in [1.165, 1.54) is 0 Å². The van der Waals surface area contributed by atoms with E-state index >= 15 is 0 Å². The van der Waals surface area contributed by atoms with E-state index in [1.54, 1.807) is 24.3 Å². The molecule has 2 aromatic carbocycles. The van der Waals surface area contributed by atoms with E-state index in [1.807, 2.05) is 39.8 Å². The highest BCUT2D eigenvalue weighted by Gasteiger charge is 2.14. The number of nitrogens with one attached hydrogen (secondary N) is 2. The summed E-state index contributed by atoms with van der Waals surface area (Å²) >= 11 is 0. The Balaban J connectivity index is 1.90. The summed E-state index contributed by atoms with van der Waals surface area (Å²) in [6.45, 7) is 8.09. The van der Waals surface area contributed by atoms with Gasteiger partial charge < -0.3 is 5.32 Å². The molecule has 0 unspecified atom stereocenters. The number of benzene rings is 2. The summed E-state index contributed by atoms with van der Waals surface area (Å²) in [6.07, 6.45) is 0. The monoisotopic (exact) mass is 360 g/mol. The molecule has 0 fully saturated rings. The van der Waals surface area contributed by atoms with Crippen molar-refractivity contribution in [2.75, 3.05) is 13.1 Å². The maximum absolute atomic E-state index is 12.3. The van der Waals surface area contributed by atoms with Crippen molar-refractivity contribution in [1.82, 2.24) is 10.0 Å². The molecule has 2 N–H and O–H groups in total. The maximum atomic E-state index is 12.3. The molecule has 0 spiro atoms. The summed E-state index contributed by atoms with van der Waals surface area (Å²) in [6, 6.07) is 10.5. The SMILES string of the molecule is Cc1ccc(C(=O)NCCNS(=O)(=O)c2ccc(C)c(C)c2)cc1C. The number of rotatable bonds is 6. The molecule has 0 bridgehead atoms. The molecular weight excluding hydrogens is 336 g/mol. The largest absolute Gasteiger partial charge is 0.351 e. The first-order chi connectivity index (χ1) is 11.7. The Morgan fingerprint density at radius 3 is 2.04 bits per heavy atom. The van der Waals surface area contributed by atoms with Crippen LogP contribution in [0, 0.1) is 27.7 Å². The molecule has 2 rings (SSSR count). The Morgan fingerprint density at radius 2 is 1.44 bits per heavy atom. The Labute approximate surface area is 149 Å². The fourth-order valence-corrected chi connectivity index (χ4v) is 3.43. The molecule has 0 aliphatic rings. The van der Waals surface area contributed by atoms with E-state index in [-0.39, 0.29) is 23.9 Å². The van der Waals surface area contributed by atoms with Gasteiger partial charge in [-0.25, -0.2) is 13.1 Å². The number of sulfonamides is 1. The molecule has 0 aliphatic heterocycles. The van der Waals surface area contributed by atoms with Crippen molar-refractivity contribution in [3.05, 3.63) is 64.2 Å². The van der Waals surface area contributed by atoms with Crippen LogP contribution in [0.25, 0.3) is 0 Å². The lowest BCUT2D eigenvalue weighted by atomic mass is 10.1. The highest BCUT2D eigenvalue weighted by atomic mass is 32.2. The van der Waals surface area contributed by atoms with Crippen LogP contribution >= 0.6 is 0 Å². The van der Waals surface area contributed by atoms with Crippen LogP contribution in [0.4, 0.5) is 0 Å². The molecular formula is C19H24N2O3S. The molecule has 6 heteroatoms. The van der Waals surface area contributed by atoms with Crippen LogP contribution in [0.5, 0.6) is 0 Å². The lowest BCUT2D eigenvalue weighted by molar-refractivity contribution is 0.0954. The van der Waals surface area contributed by atoms with Crippen LogP contribution in [0.3, 0.4) is 0 Å². The first-order valence-electron chi connectivity index (χ1n) is 8.13. The molecule has 2 aromatic rings. The number of aryl methyl sites for hydroxylation is 4. The maximum Gasteiger partial charge on any atom is 0.251 e. The highest BCUT2D eigenvalue weighted by molar-refractivity contribution is 7.89. The standard InChI is InChI=1S/C19H24N2O3S/c1-13-5-7-17(11-15(13)3)19(22)20-9-10-21-25(23,24)18-8-6-14(2)16(4)12-18/h5-8,11-12,21H,9-10H2,1-4H3,(H,20,22). The minimum absolute atomic E-state index is 0.131. The quantitative estimate of drug-likeness (QED) is 0.778. The average molecular weight is 360 g/mol. The second-order valence-corrected chi connectivity index (χ2v) is 7.97. The van der Waals surface area contributed by atoms with Gasteiger partial charge in [0.1, 0.15) is 0 Å². The Morgan fingerprint density at radius 1 is 0.840 bits per heavy atom. The van der Waals surface area contributed by atoms with Gasteiger partial charge in [-0.05, 0) is 74.2 Å². The minimum atomic E-state index is -3.58. The fraction of sp³-hybridized carbons (Fsp3) is 0.316. The smallest absolute Gasteiger partial charge is 0.251 e. The van der Waals surface area contributed by atoms with Gasteiger partial charge in [0.05, 0.1) is 4.90 Å². The van der Waals surface area contributed by atoms with Gasteiger partial charge in [0, 0.05) is 18.7 Å². The zero-order valence-electron chi connectivity index (χ0n) is 15.0. The van der Waals surface area contributed by atoms with Gasteiger partial charge in [-0.2, -0.15) is 0 Å². The van der Waals surface area contributed by atoms with Crippen molar-refractivity contribution >= 4 is 15.9 Å². The van der Waals surface area contributed by atoms with Gasteiger partial charge in [-0.1, -0.05) is 12.1 Å². The van der Waals surface area contributed by atoms with E-state index in [2.05, 4.69) is 10.0 Å². The third-order valence-corrected chi connectivity index (χ3v) is 5.72. The number of hydrogen-bond donors (Lipinski definition) is 2. The van der Waals surface area contributed by atoms with Gasteiger partial charge >= 0.3 is 0 Å². The van der Waals surface area contributed by atoms with E-state index in [0.717, 1.165) is 22.3 Å². The van der Waals surface area contributed by atoms with Crippen LogP contribution in [0.15, 0.2) is 41.3 Å². The van der Waals surface area contributed by atoms with Crippen molar-refractivity contribution < 1.29 is 13.2 Å². The second kappa shape index (κ2) is 7.80. The van der Waals surface area contributed by atoms with Crippen LogP contribution in [-0.4, -0.2) is 27.4 Å². The van der Waals surface area contributed by atoms with Crippen molar-refractivity contribution in [2.45, 2.75) is 32.6 Å². The van der Waals surface area contributed by atoms with Gasteiger partial charge in [0.25, 0.3) is 5.91 Å². The summed E-state index contributed by atoms with van der Waals surface area (Å²) in [5, 5.41) is 2.72. The fourth-order valence-electron chi connectivity index (χ4n) is 2.31. The van der Waals surface area contributed by atoms with Gasteiger partial charge in [0.15, 0.2) is 0 Å². The third kappa shape index (κ3) is 4.90. The normalized spacial score (nSPS) is 11.4. The van der Waals surface area contributed by atoms with Crippen LogP contribution in [0.1, 0.15) is 32.6 Å². The van der Waals surface area contributed by atoms with E-state index < -0.39 is 10.0 Å². The van der Waals surface area contributed by atoms with E-state index in [0.29, 0.717) is 5.56 Å². The van der Waals surface area contributed by atoms with Crippen molar-refractivity contribution in [3.8, 4) is 0 Å². The van der Waals surface area contributed by atoms with Gasteiger partial charge in [0.2, 0.25) is 10.0 Å². The first kappa shape index (κ1) is 19.1. The summed E-state index contributed by atoms with van der Waals surface area (Å²) < 4.78 is 27.0. The minimum Gasteiger partial charge on any atom is -0.351 e. The molecule has 0 aromatic heterocycles. The Hall–Kier alpha value is -2.18. The van der Waals surface area contributed by atoms with Crippen molar-refractivity contribution in [3.63, 3.8) is 0 Å². The molecule has 1 amide bonds. The molecule has 0 saturated heterocycles. The number of carbonyl (C=O) groups excluding carboxylic acids is 1. The molecule has 0 radical (unpaired) electrons.